The molecule has 20 heavy (non-hydrogen) atoms. The van der Waals surface area contributed by atoms with E-state index in [1.54, 1.807) is 6.26 Å². The molecule has 0 radical (unpaired) electrons. The molecule has 1 aromatic heterocycles. The van der Waals surface area contributed by atoms with Crippen LogP contribution in [0.1, 0.15) is 12.0 Å². The number of nitrogens with zero attached hydrogens (tertiary/aromatic N) is 1. The lowest BCUT2D eigenvalue weighted by Crippen LogP contribution is -2.36. The number of furan rings is 1. The van der Waals surface area contributed by atoms with Crippen LogP contribution in [-0.4, -0.2) is 37.7 Å². The second-order valence-electron chi connectivity index (χ2n) is 5.24. The summed E-state index contributed by atoms with van der Waals surface area (Å²) in [6.07, 6.45) is 4.04. The molecule has 1 aromatic carbocycles. The maximum absolute atomic E-state index is 5.45. The maximum atomic E-state index is 5.45. The van der Waals surface area contributed by atoms with Crippen molar-refractivity contribution >= 4 is 0 Å². The Kier molecular flexibility index (Phi) is 4.51. The average Bonchev–Trinajstić information content (AvgIpc) is 3.03. The Hall–Kier alpha value is -1.58. The van der Waals surface area contributed by atoms with Crippen LogP contribution < -0.4 is 0 Å². The number of benzene rings is 1. The second-order valence-corrected chi connectivity index (χ2v) is 5.24. The summed E-state index contributed by atoms with van der Waals surface area (Å²) in [7, 11) is 0. The molecule has 3 nitrogen and oxygen atoms in total. The summed E-state index contributed by atoms with van der Waals surface area (Å²) >= 11 is 0. The number of morpholine rings is 1. The zero-order valence-electron chi connectivity index (χ0n) is 11.8. The van der Waals surface area contributed by atoms with Crippen LogP contribution in [0.2, 0.25) is 0 Å². The lowest BCUT2D eigenvalue weighted by Gasteiger charge is -2.26. The Balaban J connectivity index is 1.53. The van der Waals surface area contributed by atoms with Crippen LogP contribution in [0, 0.1) is 0 Å². The Morgan fingerprint density at radius 3 is 2.75 bits per heavy atom. The first-order chi connectivity index (χ1) is 9.92. The smallest absolute Gasteiger partial charge is 0.133 e. The van der Waals surface area contributed by atoms with Crippen molar-refractivity contribution in [3.05, 3.63) is 48.2 Å². The van der Waals surface area contributed by atoms with Crippen molar-refractivity contribution in [3.8, 4) is 11.3 Å². The number of aryl methyl sites for hydroxylation is 1. The van der Waals surface area contributed by atoms with Gasteiger partial charge in [0.05, 0.1) is 19.5 Å². The van der Waals surface area contributed by atoms with Gasteiger partial charge in [0.15, 0.2) is 0 Å². The normalized spacial score (nSPS) is 16.4. The molecule has 1 aliphatic rings. The van der Waals surface area contributed by atoms with Gasteiger partial charge < -0.3 is 9.15 Å². The minimum Gasteiger partial charge on any atom is -0.464 e. The number of ether oxygens (including phenoxy) is 1. The minimum absolute atomic E-state index is 0.883. The van der Waals surface area contributed by atoms with Crippen molar-refractivity contribution in [2.45, 2.75) is 12.8 Å². The quantitative estimate of drug-likeness (QED) is 0.835. The summed E-state index contributed by atoms with van der Waals surface area (Å²) in [4.78, 5) is 2.49. The van der Waals surface area contributed by atoms with Gasteiger partial charge in [-0.15, -0.1) is 0 Å². The van der Waals surface area contributed by atoms with Gasteiger partial charge in [-0.05, 0) is 43.1 Å². The van der Waals surface area contributed by atoms with Gasteiger partial charge in [-0.25, -0.2) is 0 Å². The Morgan fingerprint density at radius 1 is 1.05 bits per heavy atom. The van der Waals surface area contributed by atoms with E-state index in [4.69, 9.17) is 9.15 Å². The second kappa shape index (κ2) is 6.73. The van der Waals surface area contributed by atoms with Crippen LogP contribution in [0.3, 0.4) is 0 Å². The van der Waals surface area contributed by atoms with Gasteiger partial charge >= 0.3 is 0 Å². The fraction of sp³-hybridized carbons (Fsp3) is 0.412. The van der Waals surface area contributed by atoms with Crippen molar-refractivity contribution in [3.63, 3.8) is 0 Å². The van der Waals surface area contributed by atoms with Gasteiger partial charge in [0, 0.05) is 18.7 Å². The zero-order valence-corrected chi connectivity index (χ0v) is 11.8. The van der Waals surface area contributed by atoms with Crippen LogP contribution in [0.15, 0.2) is 47.1 Å². The highest BCUT2D eigenvalue weighted by molar-refractivity contribution is 5.58. The van der Waals surface area contributed by atoms with E-state index >= 15 is 0 Å². The summed E-state index contributed by atoms with van der Waals surface area (Å²) in [5.41, 5.74) is 2.55. The molecule has 1 saturated heterocycles. The van der Waals surface area contributed by atoms with E-state index in [1.165, 1.54) is 17.5 Å². The van der Waals surface area contributed by atoms with Crippen LogP contribution in [-0.2, 0) is 11.2 Å². The molecule has 0 saturated carbocycles. The molecule has 3 heteroatoms. The monoisotopic (exact) mass is 271 g/mol. The average molecular weight is 271 g/mol. The van der Waals surface area contributed by atoms with Crippen molar-refractivity contribution < 1.29 is 9.15 Å². The maximum Gasteiger partial charge on any atom is 0.133 e. The predicted octanol–water partition coefficient (Wildman–Crippen LogP) is 3.21. The van der Waals surface area contributed by atoms with Crippen LogP contribution in [0.25, 0.3) is 11.3 Å². The highest BCUT2D eigenvalue weighted by Gasteiger charge is 2.09. The summed E-state index contributed by atoms with van der Waals surface area (Å²) in [5.74, 6) is 0.944. The lowest BCUT2D eigenvalue weighted by molar-refractivity contribution is 0.0375. The fourth-order valence-electron chi connectivity index (χ4n) is 2.65. The fourth-order valence-corrected chi connectivity index (χ4v) is 2.65. The van der Waals surface area contributed by atoms with Gasteiger partial charge in [-0.1, -0.05) is 18.2 Å². The number of hydrogen-bond donors (Lipinski definition) is 0. The third-order valence-electron chi connectivity index (χ3n) is 3.78. The molecule has 0 aliphatic carbocycles. The van der Waals surface area contributed by atoms with Crippen LogP contribution in [0.5, 0.6) is 0 Å². The zero-order chi connectivity index (χ0) is 13.6. The first kappa shape index (κ1) is 13.4. The highest BCUT2D eigenvalue weighted by Crippen LogP contribution is 2.21. The first-order valence-corrected chi connectivity index (χ1v) is 7.35. The molecule has 2 heterocycles. The summed E-state index contributed by atoms with van der Waals surface area (Å²) in [6, 6.07) is 12.6. The molecular formula is C17H21NO2. The lowest BCUT2D eigenvalue weighted by atomic mass is 10.0. The van der Waals surface area contributed by atoms with Crippen LogP contribution in [0.4, 0.5) is 0 Å². The van der Waals surface area contributed by atoms with Crippen molar-refractivity contribution in [1.29, 1.82) is 0 Å². The number of hydrogen-bond acceptors (Lipinski definition) is 3. The van der Waals surface area contributed by atoms with Gasteiger partial charge in [0.1, 0.15) is 5.76 Å². The van der Waals surface area contributed by atoms with E-state index in [0.717, 1.165) is 45.0 Å². The highest BCUT2D eigenvalue weighted by atomic mass is 16.5. The van der Waals surface area contributed by atoms with Crippen molar-refractivity contribution in [2.75, 3.05) is 32.8 Å². The van der Waals surface area contributed by atoms with Crippen molar-refractivity contribution in [1.82, 2.24) is 4.90 Å². The molecule has 0 bridgehead atoms. The molecule has 3 rings (SSSR count). The molecule has 0 unspecified atom stereocenters. The Morgan fingerprint density at radius 2 is 1.95 bits per heavy atom. The first-order valence-electron chi connectivity index (χ1n) is 7.35. The molecule has 1 aliphatic heterocycles. The number of rotatable bonds is 5. The summed E-state index contributed by atoms with van der Waals surface area (Å²) < 4.78 is 10.8. The molecule has 0 spiro atoms. The van der Waals surface area contributed by atoms with E-state index in [-0.39, 0.29) is 0 Å². The minimum atomic E-state index is 0.883. The summed E-state index contributed by atoms with van der Waals surface area (Å²) in [6.45, 7) is 5.08. The van der Waals surface area contributed by atoms with E-state index in [2.05, 4.69) is 29.2 Å². The molecular weight excluding hydrogens is 250 g/mol. The Labute approximate surface area is 120 Å². The van der Waals surface area contributed by atoms with Crippen LogP contribution >= 0.6 is 0 Å². The third-order valence-corrected chi connectivity index (χ3v) is 3.78. The molecule has 2 aromatic rings. The van der Waals surface area contributed by atoms with Gasteiger partial charge in [-0.2, -0.15) is 0 Å². The largest absolute Gasteiger partial charge is 0.464 e. The molecule has 0 atom stereocenters. The Bertz CT molecular complexity index is 516. The van der Waals surface area contributed by atoms with E-state index in [1.807, 2.05) is 12.1 Å². The molecule has 1 fully saturated rings. The molecule has 0 amide bonds. The standard InChI is InChI=1S/C17H21NO2/c1-4-15(5-2-8-18-9-12-19-13-10-18)14-16(6-1)17-7-3-11-20-17/h1,3-4,6-7,11,14H,2,5,8-10,12-13H2. The SMILES string of the molecule is c1cc(CCCN2CCOCC2)cc(-c2ccco2)c1. The third kappa shape index (κ3) is 3.50. The molecule has 106 valence electrons. The van der Waals surface area contributed by atoms with Gasteiger partial charge in [0.25, 0.3) is 0 Å². The van der Waals surface area contributed by atoms with Gasteiger partial charge in [-0.3, -0.25) is 4.90 Å². The predicted molar refractivity (Wildman–Crippen MR) is 79.7 cm³/mol. The van der Waals surface area contributed by atoms with Gasteiger partial charge in [0.2, 0.25) is 0 Å². The van der Waals surface area contributed by atoms with Crippen molar-refractivity contribution in [2.24, 2.45) is 0 Å². The topological polar surface area (TPSA) is 25.6 Å². The van der Waals surface area contributed by atoms with E-state index < -0.39 is 0 Å². The molecule has 0 N–H and O–H groups in total. The van der Waals surface area contributed by atoms with E-state index in [9.17, 15) is 0 Å². The summed E-state index contributed by atoms with van der Waals surface area (Å²) in [5, 5.41) is 0. The van der Waals surface area contributed by atoms with E-state index in [0.29, 0.717) is 0 Å².